The third-order valence-corrected chi connectivity index (χ3v) is 20.8. The zero-order valence-corrected chi connectivity index (χ0v) is 66.2. The highest BCUT2D eigenvalue weighted by atomic mass is 16.6. The van der Waals surface area contributed by atoms with E-state index in [2.05, 4.69) is 54.1 Å². The number of carbonyl (C=O) groups excluding carboxylic acids is 4. The van der Waals surface area contributed by atoms with Crippen molar-refractivity contribution in [3.63, 3.8) is 0 Å². The van der Waals surface area contributed by atoms with Gasteiger partial charge in [0.25, 0.3) is 0 Å². The van der Waals surface area contributed by atoms with Gasteiger partial charge in [-0.25, -0.2) is 31.3 Å². The Morgan fingerprint density at radius 1 is 0.363 bits per heavy atom. The summed E-state index contributed by atoms with van der Waals surface area (Å²) >= 11 is 0. The van der Waals surface area contributed by atoms with E-state index in [1.807, 2.05) is 15.0 Å². The molecule has 6 saturated heterocycles. The van der Waals surface area contributed by atoms with E-state index in [4.69, 9.17) is 61.9 Å². The third kappa shape index (κ3) is 40.6. The van der Waals surface area contributed by atoms with Crippen LogP contribution < -0.4 is 54.1 Å². The van der Waals surface area contributed by atoms with Crippen molar-refractivity contribution in [2.75, 3.05) is 198 Å². The number of nitrogens with zero attached hydrogens (tertiary/aromatic N) is 3. The molecule has 113 heavy (non-hydrogen) atoms. The number of amides is 4. The molecule has 6 aliphatic rings. The highest BCUT2D eigenvalue weighted by molar-refractivity contribution is 5.80. The standard InChI is InChI=1S/C73H139N13O27/c87-47-56-67(96)70(99)59(50-111-56)108-29-9-12-53-44-84(81-78-53)26-35-105-41-38-102-32-23-74-62(90)17-20-73(77-65(93)15-7-5-3-1-2-4-6-8-16-66(94)95,21-18-63(91)75-24-33-103-39-42-106-36-27-85-45-54(79-82-85)13-10-30-109-60-51-112-57(48-88)68(97)71(60)100)22-19-64(92)76-25-34-104-40-43-107-37-28-86-46-55(80-83-86)14-11-31-110-61-52-113-58(49-89)69(98)72(61)101/h53-61,67-72,78-83,87-89,96-101H,1-52H2,(H,74,90)(H,75,91)(H,76,92)(H,77,93)(H,94,95)/t53?,54?,55?,56-,57-,58-,59+,60+,61+,67+,68+,69+,70-,71-,72-,73?/m1/s1. The van der Waals surface area contributed by atoms with Gasteiger partial charge in [0.2, 0.25) is 23.6 Å². The van der Waals surface area contributed by atoms with Gasteiger partial charge in [0.1, 0.15) is 73.2 Å². The second kappa shape index (κ2) is 58.9. The number of carboxylic acid groups (broad SMARTS) is 1. The molecule has 0 saturated carbocycles. The molecule has 6 heterocycles. The smallest absolute Gasteiger partial charge is 0.303 e. The average Bonchev–Trinajstić information content (AvgIpc) is 1.73. The lowest BCUT2D eigenvalue weighted by Gasteiger charge is -2.36. The van der Waals surface area contributed by atoms with Gasteiger partial charge in [0.15, 0.2) is 0 Å². The Hall–Kier alpha value is -3.85. The number of ether oxygens (including phenoxy) is 12. The number of aliphatic hydroxyl groups excluding tert-OH is 9. The molecular weight excluding hydrogens is 1490 g/mol. The average molecular weight is 1630 g/mol. The Balaban J connectivity index is 0.895. The summed E-state index contributed by atoms with van der Waals surface area (Å²) in [4.78, 5) is 65.8. The molecule has 0 aromatic carbocycles. The first-order valence-corrected chi connectivity index (χ1v) is 41.1. The molecule has 3 unspecified atom stereocenters. The van der Waals surface area contributed by atoms with Gasteiger partial charge in [-0.15, -0.1) is 0 Å². The SMILES string of the molecule is O=C(O)CCCCCCCCCCC(=O)NC(CCC(=O)NCCOCCOCCN1CC(CCCO[C@H]2CO[C@H](CO)[C@H](O)[C@@H]2O)NN1)(CCC(=O)NCCOCCOCCN1CC(CCCO[C@H]2CO[C@H](CO)[C@H](O)[C@@H]2O)NN1)CCC(=O)NCCOCCOCCN1CC(CCCO[C@H]2CO[C@H](CO)[C@H](O)[C@@H]2O)NN1. The van der Waals surface area contributed by atoms with Crippen LogP contribution in [0.5, 0.6) is 0 Å². The van der Waals surface area contributed by atoms with E-state index in [-0.39, 0.29) is 192 Å². The van der Waals surface area contributed by atoms with Gasteiger partial charge in [0.05, 0.1) is 119 Å². The van der Waals surface area contributed by atoms with Crippen molar-refractivity contribution in [1.82, 2.24) is 69.2 Å². The van der Waals surface area contributed by atoms with Gasteiger partial charge in [-0.05, 0) is 70.6 Å². The fourth-order valence-corrected chi connectivity index (χ4v) is 13.9. The Kier molecular flexibility index (Phi) is 51.1. The maximum Gasteiger partial charge on any atom is 0.303 e. The summed E-state index contributed by atoms with van der Waals surface area (Å²) < 4.78 is 68.2. The first-order valence-electron chi connectivity index (χ1n) is 41.1. The van der Waals surface area contributed by atoms with Crippen LogP contribution in [0.25, 0.3) is 0 Å². The number of aliphatic carboxylic acids is 1. The summed E-state index contributed by atoms with van der Waals surface area (Å²) in [6, 6.07) is 0.458. The maximum atomic E-state index is 14.0. The van der Waals surface area contributed by atoms with Crippen molar-refractivity contribution in [1.29, 1.82) is 0 Å². The minimum atomic E-state index is -1.22. The van der Waals surface area contributed by atoms with Gasteiger partial charge in [-0.2, -0.15) is 16.6 Å². The first-order chi connectivity index (χ1) is 54.9. The van der Waals surface area contributed by atoms with E-state index in [1.54, 1.807) is 0 Å². The van der Waals surface area contributed by atoms with Gasteiger partial charge in [-0.1, -0.05) is 38.5 Å². The fourth-order valence-electron chi connectivity index (χ4n) is 13.9. The van der Waals surface area contributed by atoms with Gasteiger partial charge in [-0.3, -0.25) is 24.0 Å². The number of aliphatic hydroxyl groups is 9. The van der Waals surface area contributed by atoms with E-state index in [1.165, 1.54) is 0 Å². The van der Waals surface area contributed by atoms with E-state index >= 15 is 0 Å². The third-order valence-electron chi connectivity index (χ3n) is 20.8. The number of nitrogens with one attached hydrogen (secondary N) is 10. The Morgan fingerprint density at radius 2 is 0.664 bits per heavy atom. The summed E-state index contributed by atoms with van der Waals surface area (Å²) in [5.41, 5.74) is 18.1. The van der Waals surface area contributed by atoms with Crippen molar-refractivity contribution < 1.29 is 132 Å². The number of carbonyl (C=O) groups is 5. The predicted molar refractivity (Wildman–Crippen MR) is 405 cm³/mol. The molecule has 0 aromatic rings. The van der Waals surface area contributed by atoms with Crippen LogP contribution in [0.3, 0.4) is 0 Å². The van der Waals surface area contributed by atoms with Gasteiger partial charge < -0.3 is 129 Å². The molecule has 6 rings (SSSR count). The molecule has 658 valence electrons. The number of hydrazine groups is 6. The topological polar surface area (TPSA) is 528 Å². The van der Waals surface area contributed by atoms with Gasteiger partial charge in [0, 0.05) is 134 Å². The summed E-state index contributed by atoms with van der Waals surface area (Å²) in [7, 11) is 0. The predicted octanol–water partition coefficient (Wildman–Crippen LogP) is -5.47. The van der Waals surface area contributed by atoms with Gasteiger partial charge >= 0.3 is 5.97 Å². The van der Waals surface area contributed by atoms with E-state index in [0.717, 1.165) is 77.4 Å². The van der Waals surface area contributed by atoms with Crippen LogP contribution in [0, 0.1) is 0 Å². The number of rotatable bonds is 66. The van der Waals surface area contributed by atoms with Crippen LogP contribution in [-0.2, 0) is 80.8 Å². The highest BCUT2D eigenvalue weighted by Gasteiger charge is 2.42. The van der Waals surface area contributed by atoms with Crippen molar-refractivity contribution in [3.8, 4) is 0 Å². The molecule has 4 amide bonds. The molecule has 6 aliphatic heterocycles. The lowest BCUT2D eigenvalue weighted by Crippen LogP contribution is -2.55. The minimum Gasteiger partial charge on any atom is -0.481 e. The van der Waals surface area contributed by atoms with E-state index < -0.39 is 84.8 Å². The molecule has 0 bridgehead atoms. The normalized spacial score (nSPS) is 27.1. The fraction of sp³-hybridized carbons (Fsp3) is 0.932. The second-order valence-electron chi connectivity index (χ2n) is 29.7. The van der Waals surface area contributed by atoms with Crippen molar-refractivity contribution in [3.05, 3.63) is 0 Å². The molecular formula is C73H139N13O27. The van der Waals surface area contributed by atoms with Crippen LogP contribution in [0.2, 0.25) is 0 Å². The Labute approximate surface area is 664 Å². The number of unbranched alkanes of at least 4 members (excludes halogenated alkanes) is 7. The minimum absolute atomic E-state index is 0.0294. The van der Waals surface area contributed by atoms with E-state index in [0.29, 0.717) is 111 Å². The molecule has 0 spiro atoms. The molecule has 6 fully saturated rings. The van der Waals surface area contributed by atoms with Crippen LogP contribution in [0.1, 0.15) is 141 Å². The number of hydrogen-bond acceptors (Lipinski definition) is 35. The van der Waals surface area contributed by atoms with Crippen LogP contribution >= 0.6 is 0 Å². The van der Waals surface area contributed by atoms with Crippen LogP contribution in [0.4, 0.5) is 0 Å². The summed E-state index contributed by atoms with van der Waals surface area (Å²) in [6.45, 7) is 8.57. The number of hydrogen-bond donors (Lipinski definition) is 20. The lowest BCUT2D eigenvalue weighted by molar-refractivity contribution is -0.208. The van der Waals surface area contributed by atoms with Crippen LogP contribution in [0.15, 0.2) is 0 Å². The number of carboxylic acids is 1. The molecule has 15 atom stereocenters. The zero-order chi connectivity index (χ0) is 81.1. The maximum absolute atomic E-state index is 14.0. The largest absolute Gasteiger partial charge is 0.481 e. The van der Waals surface area contributed by atoms with Crippen LogP contribution in [-0.4, -0.2) is 390 Å². The molecule has 0 aliphatic carbocycles. The molecule has 40 heteroatoms. The first kappa shape index (κ1) is 98.0. The molecule has 0 aromatic heterocycles. The lowest BCUT2D eigenvalue weighted by atomic mass is 9.82. The summed E-state index contributed by atoms with van der Waals surface area (Å²) in [5.74, 6) is -1.97. The highest BCUT2D eigenvalue weighted by Crippen LogP contribution is 2.28. The zero-order valence-electron chi connectivity index (χ0n) is 66.2. The molecule has 0 radical (unpaired) electrons. The van der Waals surface area contributed by atoms with Crippen molar-refractivity contribution in [2.24, 2.45) is 0 Å². The summed E-state index contributed by atoms with van der Waals surface area (Å²) in [6.07, 6.45) is 0.193. The Morgan fingerprint density at radius 3 is 0.973 bits per heavy atom. The summed E-state index contributed by atoms with van der Waals surface area (Å²) in [5, 5.41) is 116. The molecule has 40 nitrogen and oxygen atoms in total. The monoisotopic (exact) mass is 1630 g/mol. The van der Waals surface area contributed by atoms with Crippen molar-refractivity contribution >= 4 is 29.6 Å². The second-order valence-corrected chi connectivity index (χ2v) is 29.7. The van der Waals surface area contributed by atoms with E-state index in [9.17, 15) is 69.9 Å². The Bertz CT molecular complexity index is 2310. The molecule has 20 N–H and O–H groups in total. The quantitative estimate of drug-likeness (QED) is 0.0253. The van der Waals surface area contributed by atoms with Crippen molar-refractivity contribution in [2.45, 2.75) is 238 Å².